The highest BCUT2D eigenvalue weighted by Gasteiger charge is 2.39. The lowest BCUT2D eigenvalue weighted by atomic mass is 10.1. The van der Waals surface area contributed by atoms with E-state index in [1.54, 1.807) is 19.2 Å². The SMILES string of the molecule is COCCOCCn1nccc1C(=O)ON1C(=O)c2ccccc2C1=O. The van der Waals surface area contributed by atoms with E-state index in [2.05, 4.69) is 5.10 Å². The van der Waals surface area contributed by atoms with Crippen LogP contribution in [0.3, 0.4) is 0 Å². The molecule has 0 saturated heterocycles. The molecule has 0 aliphatic carbocycles. The Balaban J connectivity index is 1.64. The molecule has 0 N–H and O–H groups in total. The molecule has 9 heteroatoms. The Hall–Kier alpha value is -3.04. The highest BCUT2D eigenvalue weighted by Crippen LogP contribution is 2.23. The first-order valence-corrected chi connectivity index (χ1v) is 7.92. The average molecular weight is 359 g/mol. The largest absolute Gasteiger partial charge is 0.382 e. The summed E-state index contributed by atoms with van der Waals surface area (Å²) in [7, 11) is 1.57. The van der Waals surface area contributed by atoms with Crippen molar-refractivity contribution < 1.29 is 28.7 Å². The Labute approximate surface area is 149 Å². The Morgan fingerprint density at radius 1 is 1.04 bits per heavy atom. The number of rotatable bonds is 8. The third-order valence-corrected chi connectivity index (χ3v) is 3.74. The van der Waals surface area contributed by atoms with E-state index < -0.39 is 17.8 Å². The van der Waals surface area contributed by atoms with Gasteiger partial charge in [-0.25, -0.2) is 4.79 Å². The molecule has 0 radical (unpaired) electrons. The Morgan fingerprint density at radius 2 is 1.73 bits per heavy atom. The van der Waals surface area contributed by atoms with Crippen LogP contribution in [-0.4, -0.2) is 59.6 Å². The number of benzene rings is 1. The molecule has 3 rings (SSSR count). The zero-order valence-electron chi connectivity index (χ0n) is 14.1. The lowest BCUT2D eigenvalue weighted by molar-refractivity contribution is -0.0593. The molecule has 136 valence electrons. The smallest absolute Gasteiger partial charge is 0.381 e. The fourth-order valence-electron chi connectivity index (χ4n) is 2.46. The second-order valence-corrected chi connectivity index (χ2v) is 5.37. The second-order valence-electron chi connectivity index (χ2n) is 5.37. The van der Waals surface area contributed by atoms with Gasteiger partial charge in [0.2, 0.25) is 0 Å². The minimum atomic E-state index is -0.853. The number of amides is 2. The Morgan fingerprint density at radius 3 is 2.38 bits per heavy atom. The van der Waals surface area contributed by atoms with Crippen LogP contribution in [0.1, 0.15) is 31.2 Å². The minimum Gasteiger partial charge on any atom is -0.382 e. The van der Waals surface area contributed by atoms with Crippen LogP contribution in [0.5, 0.6) is 0 Å². The highest BCUT2D eigenvalue weighted by atomic mass is 16.7. The van der Waals surface area contributed by atoms with Gasteiger partial charge in [-0.3, -0.25) is 14.3 Å². The average Bonchev–Trinajstić information content (AvgIpc) is 3.21. The molecule has 2 heterocycles. The van der Waals surface area contributed by atoms with Gasteiger partial charge >= 0.3 is 5.97 Å². The number of methoxy groups -OCH3 is 1. The van der Waals surface area contributed by atoms with E-state index in [9.17, 15) is 14.4 Å². The fraction of sp³-hybridized carbons (Fsp3) is 0.294. The van der Waals surface area contributed by atoms with Crippen LogP contribution in [0.15, 0.2) is 36.5 Å². The first-order chi connectivity index (χ1) is 12.6. The van der Waals surface area contributed by atoms with Crippen molar-refractivity contribution in [3.05, 3.63) is 53.3 Å². The third kappa shape index (κ3) is 3.48. The molecule has 1 aliphatic rings. The molecule has 2 amide bonds. The second kappa shape index (κ2) is 7.89. The molecule has 1 aromatic carbocycles. The van der Waals surface area contributed by atoms with E-state index in [0.29, 0.717) is 31.4 Å². The van der Waals surface area contributed by atoms with E-state index in [0.717, 1.165) is 0 Å². The van der Waals surface area contributed by atoms with Crippen LogP contribution >= 0.6 is 0 Å². The number of fused-ring (bicyclic) bond motifs is 1. The number of imide groups is 1. The van der Waals surface area contributed by atoms with Crippen LogP contribution in [0, 0.1) is 0 Å². The van der Waals surface area contributed by atoms with Crippen molar-refractivity contribution in [2.45, 2.75) is 6.54 Å². The molecular formula is C17H17N3O6. The quantitative estimate of drug-likeness (QED) is 0.510. The van der Waals surface area contributed by atoms with Crippen LogP contribution < -0.4 is 0 Å². The predicted molar refractivity (Wildman–Crippen MR) is 87.3 cm³/mol. The van der Waals surface area contributed by atoms with Gasteiger partial charge in [0.1, 0.15) is 5.69 Å². The van der Waals surface area contributed by atoms with Gasteiger partial charge in [-0.15, -0.1) is 0 Å². The van der Waals surface area contributed by atoms with Gasteiger partial charge in [0.05, 0.1) is 37.5 Å². The number of hydrogen-bond acceptors (Lipinski definition) is 7. The summed E-state index contributed by atoms with van der Waals surface area (Å²) in [5.74, 6) is -2.20. The first-order valence-electron chi connectivity index (χ1n) is 7.92. The molecule has 26 heavy (non-hydrogen) atoms. The van der Waals surface area contributed by atoms with Crippen LogP contribution in [0.4, 0.5) is 0 Å². The minimum absolute atomic E-state index is 0.108. The summed E-state index contributed by atoms with van der Waals surface area (Å²) < 4.78 is 11.6. The zero-order valence-corrected chi connectivity index (χ0v) is 14.1. The van der Waals surface area contributed by atoms with E-state index in [1.165, 1.54) is 29.1 Å². The molecule has 1 aromatic heterocycles. The van der Waals surface area contributed by atoms with Gasteiger partial charge in [0.25, 0.3) is 11.8 Å². The summed E-state index contributed by atoms with van der Waals surface area (Å²) in [6, 6.07) is 7.72. The monoisotopic (exact) mass is 359 g/mol. The molecular weight excluding hydrogens is 342 g/mol. The number of carbonyl (C=O) groups is 3. The van der Waals surface area contributed by atoms with Gasteiger partial charge in [0, 0.05) is 13.3 Å². The summed E-state index contributed by atoms with van der Waals surface area (Å²) in [5, 5.41) is 4.50. The van der Waals surface area contributed by atoms with Crippen molar-refractivity contribution in [2.24, 2.45) is 0 Å². The van der Waals surface area contributed by atoms with Gasteiger partial charge < -0.3 is 14.3 Å². The van der Waals surface area contributed by atoms with Crippen molar-refractivity contribution in [2.75, 3.05) is 26.9 Å². The van der Waals surface area contributed by atoms with E-state index >= 15 is 0 Å². The molecule has 2 aromatic rings. The van der Waals surface area contributed by atoms with Gasteiger partial charge in [-0.1, -0.05) is 17.2 Å². The molecule has 0 saturated carbocycles. The number of carbonyl (C=O) groups excluding carboxylic acids is 3. The molecule has 1 aliphatic heterocycles. The number of nitrogens with zero attached hydrogens (tertiary/aromatic N) is 3. The molecule has 0 bridgehead atoms. The van der Waals surface area contributed by atoms with Crippen molar-refractivity contribution in [1.29, 1.82) is 0 Å². The molecule has 0 atom stereocenters. The predicted octanol–water partition coefficient (Wildman–Crippen LogP) is 0.914. The fourth-order valence-corrected chi connectivity index (χ4v) is 2.46. The maximum Gasteiger partial charge on any atom is 0.381 e. The molecule has 0 spiro atoms. The topological polar surface area (TPSA) is 100.0 Å². The Bertz CT molecular complexity index is 796. The van der Waals surface area contributed by atoms with Crippen LogP contribution in [-0.2, 0) is 20.9 Å². The summed E-state index contributed by atoms with van der Waals surface area (Å²) in [6.07, 6.45) is 1.42. The summed E-state index contributed by atoms with van der Waals surface area (Å²) in [6.45, 7) is 1.52. The number of hydrogen-bond donors (Lipinski definition) is 0. The standard InChI is InChI=1S/C17H17N3O6/c1-24-10-11-25-9-8-19-14(6-7-18-19)17(23)26-20-15(21)12-4-2-3-5-13(12)16(20)22/h2-7H,8-11H2,1H3. The third-order valence-electron chi connectivity index (χ3n) is 3.74. The van der Waals surface area contributed by atoms with E-state index in [4.69, 9.17) is 14.3 Å². The molecule has 9 nitrogen and oxygen atoms in total. The number of ether oxygens (including phenoxy) is 2. The van der Waals surface area contributed by atoms with Gasteiger partial charge in [-0.2, -0.15) is 5.10 Å². The van der Waals surface area contributed by atoms with Gasteiger partial charge in [0.15, 0.2) is 0 Å². The lowest BCUT2D eigenvalue weighted by Gasteiger charge is -2.13. The highest BCUT2D eigenvalue weighted by molar-refractivity contribution is 6.21. The maximum atomic E-state index is 12.4. The molecule has 0 unspecified atom stereocenters. The number of aromatic nitrogens is 2. The molecule has 0 fully saturated rings. The zero-order chi connectivity index (χ0) is 18.5. The van der Waals surface area contributed by atoms with Gasteiger partial charge in [-0.05, 0) is 18.2 Å². The Kier molecular flexibility index (Phi) is 5.40. The maximum absolute atomic E-state index is 12.4. The normalized spacial score (nSPS) is 13.2. The van der Waals surface area contributed by atoms with Crippen molar-refractivity contribution in [3.8, 4) is 0 Å². The van der Waals surface area contributed by atoms with Crippen molar-refractivity contribution in [3.63, 3.8) is 0 Å². The van der Waals surface area contributed by atoms with Crippen molar-refractivity contribution >= 4 is 17.8 Å². The summed E-state index contributed by atoms with van der Waals surface area (Å²) in [5.41, 5.74) is 0.507. The van der Waals surface area contributed by atoms with E-state index in [1.807, 2.05) is 0 Å². The number of hydroxylamine groups is 2. The lowest BCUT2D eigenvalue weighted by Crippen LogP contribution is -2.33. The van der Waals surface area contributed by atoms with Crippen LogP contribution in [0.25, 0.3) is 0 Å². The summed E-state index contributed by atoms with van der Waals surface area (Å²) in [4.78, 5) is 41.9. The van der Waals surface area contributed by atoms with E-state index in [-0.39, 0.29) is 16.8 Å². The summed E-state index contributed by atoms with van der Waals surface area (Å²) >= 11 is 0. The van der Waals surface area contributed by atoms with Crippen molar-refractivity contribution in [1.82, 2.24) is 14.8 Å². The van der Waals surface area contributed by atoms with Crippen LogP contribution in [0.2, 0.25) is 0 Å². The first kappa shape index (κ1) is 17.8.